The van der Waals surface area contributed by atoms with E-state index in [2.05, 4.69) is 11.1 Å². The van der Waals surface area contributed by atoms with Gasteiger partial charge in [0.15, 0.2) is 0 Å². The molecule has 0 amide bonds. The summed E-state index contributed by atoms with van der Waals surface area (Å²) >= 11 is 0. The molecule has 92 valence electrons. The van der Waals surface area contributed by atoms with Crippen LogP contribution in [0.3, 0.4) is 0 Å². The van der Waals surface area contributed by atoms with Gasteiger partial charge >= 0.3 is 0 Å². The van der Waals surface area contributed by atoms with E-state index in [9.17, 15) is 0 Å². The molecule has 0 aliphatic heterocycles. The van der Waals surface area contributed by atoms with E-state index in [1.165, 1.54) is 0 Å². The van der Waals surface area contributed by atoms with E-state index in [0.29, 0.717) is 5.69 Å². The maximum absolute atomic E-state index is 8.89. The van der Waals surface area contributed by atoms with Gasteiger partial charge in [-0.3, -0.25) is 0 Å². The largest absolute Gasteiger partial charge is 0.491 e. The minimum Gasteiger partial charge on any atom is -0.491 e. The monoisotopic (exact) mass is 241 g/mol. The first-order chi connectivity index (χ1) is 8.61. The first-order valence-electron chi connectivity index (χ1n) is 5.80. The van der Waals surface area contributed by atoms with E-state index in [1.54, 1.807) is 10.8 Å². The highest BCUT2D eigenvalue weighted by atomic mass is 16.5. The van der Waals surface area contributed by atoms with Crippen molar-refractivity contribution >= 4 is 0 Å². The molecule has 0 aliphatic rings. The minimum absolute atomic E-state index is 0.161. The van der Waals surface area contributed by atoms with Gasteiger partial charge < -0.3 is 9.30 Å². The van der Waals surface area contributed by atoms with Crippen LogP contribution in [0.1, 0.15) is 19.5 Å². The third kappa shape index (κ3) is 2.35. The number of rotatable bonds is 3. The zero-order valence-corrected chi connectivity index (χ0v) is 10.7. The van der Waals surface area contributed by atoms with Crippen molar-refractivity contribution in [2.45, 2.75) is 20.0 Å². The Morgan fingerprint density at radius 2 is 1.94 bits per heavy atom. The number of nitriles is 1. The van der Waals surface area contributed by atoms with Crippen LogP contribution in [0.4, 0.5) is 0 Å². The van der Waals surface area contributed by atoms with Gasteiger partial charge in [0.2, 0.25) is 0 Å². The molecule has 0 saturated carbocycles. The fourth-order valence-electron chi connectivity index (χ4n) is 1.74. The van der Waals surface area contributed by atoms with E-state index >= 15 is 0 Å². The number of ether oxygens (including phenoxy) is 1. The Morgan fingerprint density at radius 1 is 1.28 bits per heavy atom. The molecule has 2 aromatic rings. The summed E-state index contributed by atoms with van der Waals surface area (Å²) in [4.78, 5) is 4.25. The van der Waals surface area contributed by atoms with Crippen molar-refractivity contribution < 1.29 is 4.74 Å². The van der Waals surface area contributed by atoms with Crippen LogP contribution in [0.5, 0.6) is 5.75 Å². The molecule has 0 unspecified atom stereocenters. The Labute approximate surface area is 106 Å². The maximum atomic E-state index is 8.89. The Bertz CT molecular complexity index is 576. The van der Waals surface area contributed by atoms with Gasteiger partial charge in [-0.1, -0.05) is 0 Å². The summed E-state index contributed by atoms with van der Waals surface area (Å²) in [7, 11) is 1.83. The average molecular weight is 241 g/mol. The van der Waals surface area contributed by atoms with Gasteiger partial charge in [-0.2, -0.15) is 5.26 Å². The predicted octanol–water partition coefficient (Wildman–Crippen LogP) is 2.75. The number of aromatic nitrogens is 2. The molecule has 1 aromatic carbocycles. The van der Waals surface area contributed by atoms with Crippen molar-refractivity contribution in [2.75, 3.05) is 0 Å². The van der Waals surface area contributed by atoms with Crippen LogP contribution in [0.15, 0.2) is 30.5 Å². The normalized spacial score (nSPS) is 10.4. The second-order valence-corrected chi connectivity index (χ2v) is 4.33. The van der Waals surface area contributed by atoms with E-state index in [-0.39, 0.29) is 6.10 Å². The molecule has 18 heavy (non-hydrogen) atoms. The molecular formula is C14H15N3O. The standard InChI is InChI=1S/C14H15N3O/c1-10(2)18-13-6-4-11(5-7-13)14-16-9-12(8-15)17(14)3/h4-7,9-10H,1-3H3. The van der Waals surface area contributed by atoms with Crippen molar-refractivity contribution in [1.29, 1.82) is 5.26 Å². The molecule has 0 atom stereocenters. The maximum Gasteiger partial charge on any atom is 0.140 e. The first kappa shape index (κ1) is 12.2. The summed E-state index contributed by atoms with van der Waals surface area (Å²) < 4.78 is 7.36. The van der Waals surface area contributed by atoms with Gasteiger partial charge in [-0.05, 0) is 38.1 Å². The lowest BCUT2D eigenvalue weighted by Crippen LogP contribution is -2.05. The van der Waals surface area contributed by atoms with Gasteiger partial charge in [0.25, 0.3) is 0 Å². The molecule has 4 heteroatoms. The fraction of sp³-hybridized carbons (Fsp3) is 0.286. The van der Waals surface area contributed by atoms with Crippen LogP contribution >= 0.6 is 0 Å². The van der Waals surface area contributed by atoms with Crippen LogP contribution in [0.2, 0.25) is 0 Å². The smallest absolute Gasteiger partial charge is 0.140 e. The van der Waals surface area contributed by atoms with Crippen molar-refractivity contribution in [3.05, 3.63) is 36.2 Å². The molecular weight excluding hydrogens is 226 g/mol. The number of imidazole rings is 1. The highest BCUT2D eigenvalue weighted by Crippen LogP contribution is 2.22. The zero-order valence-electron chi connectivity index (χ0n) is 10.7. The van der Waals surface area contributed by atoms with E-state index in [4.69, 9.17) is 10.00 Å². The summed E-state index contributed by atoms with van der Waals surface area (Å²) in [6.45, 7) is 3.98. The molecule has 2 rings (SSSR count). The molecule has 0 spiro atoms. The van der Waals surface area contributed by atoms with E-state index < -0.39 is 0 Å². The Balaban J connectivity index is 2.29. The second-order valence-electron chi connectivity index (χ2n) is 4.33. The Hall–Kier alpha value is -2.28. The summed E-state index contributed by atoms with van der Waals surface area (Å²) in [5.74, 6) is 1.62. The Kier molecular flexibility index (Phi) is 3.33. The third-order valence-corrected chi connectivity index (χ3v) is 2.59. The summed E-state index contributed by atoms with van der Waals surface area (Å²) in [5.41, 5.74) is 1.52. The van der Waals surface area contributed by atoms with Gasteiger partial charge in [0.1, 0.15) is 23.3 Å². The highest BCUT2D eigenvalue weighted by molar-refractivity contribution is 5.58. The van der Waals surface area contributed by atoms with Crippen molar-refractivity contribution in [3.8, 4) is 23.2 Å². The predicted molar refractivity (Wildman–Crippen MR) is 69.1 cm³/mol. The van der Waals surface area contributed by atoms with Gasteiger partial charge in [-0.25, -0.2) is 4.98 Å². The fourth-order valence-corrected chi connectivity index (χ4v) is 1.74. The summed E-state index contributed by atoms with van der Waals surface area (Å²) in [6, 6.07) is 9.82. The SMILES string of the molecule is CC(C)Oc1ccc(-c2ncc(C#N)n2C)cc1. The molecule has 0 bridgehead atoms. The van der Waals surface area contributed by atoms with Crippen molar-refractivity contribution in [2.24, 2.45) is 7.05 Å². The lowest BCUT2D eigenvalue weighted by Gasteiger charge is -2.10. The first-order valence-corrected chi connectivity index (χ1v) is 5.80. The average Bonchev–Trinajstić information content (AvgIpc) is 2.71. The van der Waals surface area contributed by atoms with Crippen LogP contribution in [0, 0.1) is 11.3 Å². The lowest BCUT2D eigenvalue weighted by atomic mass is 10.2. The van der Waals surface area contributed by atoms with Crippen LogP contribution in [-0.4, -0.2) is 15.7 Å². The number of hydrogen-bond donors (Lipinski definition) is 0. The van der Waals surface area contributed by atoms with Gasteiger partial charge in [-0.15, -0.1) is 0 Å². The summed E-state index contributed by atoms with van der Waals surface area (Å²) in [5, 5.41) is 8.89. The Morgan fingerprint density at radius 3 is 2.44 bits per heavy atom. The minimum atomic E-state index is 0.161. The molecule has 0 saturated heterocycles. The summed E-state index contributed by atoms with van der Waals surface area (Å²) in [6.07, 6.45) is 1.74. The second kappa shape index (κ2) is 4.92. The van der Waals surface area contributed by atoms with Gasteiger partial charge in [0, 0.05) is 12.6 Å². The number of benzene rings is 1. The van der Waals surface area contributed by atoms with Crippen molar-refractivity contribution in [3.63, 3.8) is 0 Å². The van der Waals surface area contributed by atoms with E-state index in [1.807, 2.05) is 45.2 Å². The van der Waals surface area contributed by atoms with E-state index in [0.717, 1.165) is 17.1 Å². The zero-order chi connectivity index (χ0) is 13.1. The molecule has 4 nitrogen and oxygen atoms in total. The van der Waals surface area contributed by atoms with Gasteiger partial charge in [0.05, 0.1) is 12.3 Å². The lowest BCUT2D eigenvalue weighted by molar-refractivity contribution is 0.242. The molecule has 0 fully saturated rings. The molecule has 0 N–H and O–H groups in total. The van der Waals surface area contributed by atoms with Crippen LogP contribution in [0.25, 0.3) is 11.4 Å². The quantitative estimate of drug-likeness (QED) is 0.830. The van der Waals surface area contributed by atoms with Crippen LogP contribution in [-0.2, 0) is 7.05 Å². The molecule has 0 radical (unpaired) electrons. The molecule has 1 heterocycles. The number of hydrogen-bond acceptors (Lipinski definition) is 3. The van der Waals surface area contributed by atoms with Crippen molar-refractivity contribution in [1.82, 2.24) is 9.55 Å². The highest BCUT2D eigenvalue weighted by Gasteiger charge is 2.08. The third-order valence-electron chi connectivity index (χ3n) is 2.59. The molecule has 1 aromatic heterocycles. The molecule has 0 aliphatic carbocycles. The topological polar surface area (TPSA) is 50.8 Å². The number of nitrogens with zero attached hydrogens (tertiary/aromatic N) is 3. The van der Waals surface area contributed by atoms with Crippen LogP contribution < -0.4 is 4.74 Å².